The van der Waals surface area contributed by atoms with Gasteiger partial charge in [-0.05, 0) is 36.5 Å². The first-order valence-electron chi connectivity index (χ1n) is 11.5. The van der Waals surface area contributed by atoms with Gasteiger partial charge in [-0.3, -0.25) is 4.79 Å². The molecule has 0 atom stereocenters. The van der Waals surface area contributed by atoms with E-state index in [2.05, 4.69) is 46.3 Å². The summed E-state index contributed by atoms with van der Waals surface area (Å²) in [4.78, 5) is 17.1. The van der Waals surface area contributed by atoms with Crippen LogP contribution in [-0.2, 0) is 24.2 Å². The van der Waals surface area contributed by atoms with Gasteiger partial charge < -0.3 is 9.88 Å². The molecule has 1 heterocycles. The Morgan fingerprint density at radius 3 is 2.57 bits per heavy atom. The maximum Gasteiger partial charge on any atom is 0.220 e. The molecule has 30 heavy (non-hydrogen) atoms. The van der Waals surface area contributed by atoms with Crippen molar-refractivity contribution in [1.82, 2.24) is 14.9 Å². The molecule has 2 aromatic carbocycles. The van der Waals surface area contributed by atoms with Crippen LogP contribution in [0.1, 0.15) is 56.3 Å². The smallest absolute Gasteiger partial charge is 0.220 e. The quantitative estimate of drug-likeness (QED) is 0.527. The van der Waals surface area contributed by atoms with Crippen molar-refractivity contribution in [3.63, 3.8) is 0 Å². The first-order valence-corrected chi connectivity index (χ1v) is 11.5. The van der Waals surface area contributed by atoms with Gasteiger partial charge in [0.25, 0.3) is 0 Å². The number of carbonyl (C=O) groups excluding carboxylic acids is 1. The number of benzene rings is 2. The zero-order chi connectivity index (χ0) is 20.6. The van der Waals surface area contributed by atoms with Crippen LogP contribution in [0.3, 0.4) is 0 Å². The summed E-state index contributed by atoms with van der Waals surface area (Å²) in [5.41, 5.74) is 3.49. The normalized spacial score (nSPS) is 14.8. The van der Waals surface area contributed by atoms with Crippen LogP contribution in [0.4, 0.5) is 0 Å². The number of nitrogens with one attached hydrogen (secondary N) is 1. The van der Waals surface area contributed by atoms with Gasteiger partial charge in [-0.15, -0.1) is 0 Å². The number of aryl methyl sites for hydroxylation is 2. The molecule has 0 aliphatic heterocycles. The lowest BCUT2D eigenvalue weighted by molar-refractivity contribution is -0.121. The summed E-state index contributed by atoms with van der Waals surface area (Å²) in [6, 6.07) is 18.6. The Balaban J connectivity index is 1.33. The summed E-state index contributed by atoms with van der Waals surface area (Å²) in [6.07, 6.45) is 10.2. The number of para-hydroxylation sites is 2. The predicted octanol–water partition coefficient (Wildman–Crippen LogP) is 5.30. The minimum absolute atomic E-state index is 0.115. The molecule has 1 saturated carbocycles. The highest BCUT2D eigenvalue weighted by atomic mass is 16.1. The minimum atomic E-state index is 0.115. The largest absolute Gasteiger partial charge is 0.356 e. The third-order valence-electron chi connectivity index (χ3n) is 6.37. The van der Waals surface area contributed by atoms with Gasteiger partial charge in [0, 0.05) is 25.9 Å². The molecule has 0 unspecified atom stereocenters. The fourth-order valence-electron chi connectivity index (χ4n) is 4.66. The van der Waals surface area contributed by atoms with Crippen LogP contribution in [0.15, 0.2) is 54.6 Å². The monoisotopic (exact) mass is 403 g/mol. The topological polar surface area (TPSA) is 46.9 Å². The Bertz CT molecular complexity index is 941. The number of hydrogen-bond donors (Lipinski definition) is 1. The Labute approximate surface area is 179 Å². The fraction of sp³-hybridized carbons (Fsp3) is 0.462. The summed E-state index contributed by atoms with van der Waals surface area (Å²) in [5, 5.41) is 3.09. The molecule has 1 aromatic heterocycles. The number of rotatable bonds is 9. The molecule has 4 rings (SSSR count). The summed E-state index contributed by atoms with van der Waals surface area (Å²) in [7, 11) is 0. The van der Waals surface area contributed by atoms with Crippen LogP contribution in [0, 0.1) is 5.92 Å². The maximum absolute atomic E-state index is 12.3. The van der Waals surface area contributed by atoms with Gasteiger partial charge in [-0.25, -0.2) is 4.98 Å². The number of aromatic nitrogens is 2. The Kier molecular flexibility index (Phi) is 7.17. The second kappa shape index (κ2) is 10.4. The van der Waals surface area contributed by atoms with Crippen molar-refractivity contribution >= 4 is 16.9 Å². The molecule has 1 aliphatic carbocycles. The predicted molar refractivity (Wildman–Crippen MR) is 122 cm³/mol. The standard InChI is InChI=1S/C26H33N3O/c30-26(16-15-21-9-3-1-4-10-21)27-19-17-25-28-23-13-7-8-14-24(23)29(25)20-18-22-11-5-2-6-12-22/h1,3-4,7-10,13-14,22H,2,5-6,11-12,15-20H2,(H,27,30). The van der Waals surface area contributed by atoms with Gasteiger partial charge in [-0.2, -0.15) is 0 Å². The summed E-state index contributed by atoms with van der Waals surface area (Å²) in [6.45, 7) is 1.67. The van der Waals surface area contributed by atoms with Crippen molar-refractivity contribution in [2.75, 3.05) is 6.54 Å². The van der Waals surface area contributed by atoms with Crippen molar-refractivity contribution in [1.29, 1.82) is 0 Å². The van der Waals surface area contributed by atoms with Gasteiger partial charge in [-0.1, -0.05) is 74.6 Å². The van der Waals surface area contributed by atoms with Crippen LogP contribution >= 0.6 is 0 Å². The Morgan fingerprint density at radius 2 is 1.73 bits per heavy atom. The van der Waals surface area contributed by atoms with E-state index < -0.39 is 0 Å². The van der Waals surface area contributed by atoms with E-state index >= 15 is 0 Å². The Hall–Kier alpha value is -2.62. The van der Waals surface area contributed by atoms with Crippen LogP contribution in [-0.4, -0.2) is 22.0 Å². The second-order valence-corrected chi connectivity index (χ2v) is 8.55. The van der Waals surface area contributed by atoms with Crippen molar-refractivity contribution < 1.29 is 4.79 Å². The van der Waals surface area contributed by atoms with E-state index in [1.165, 1.54) is 49.6 Å². The third-order valence-corrected chi connectivity index (χ3v) is 6.37. The molecule has 4 nitrogen and oxygen atoms in total. The van der Waals surface area contributed by atoms with Gasteiger partial charge >= 0.3 is 0 Å². The number of amides is 1. The number of hydrogen-bond acceptors (Lipinski definition) is 2. The zero-order valence-corrected chi connectivity index (χ0v) is 17.9. The fourth-order valence-corrected chi connectivity index (χ4v) is 4.66. The average Bonchev–Trinajstić information content (AvgIpc) is 3.15. The SMILES string of the molecule is O=C(CCc1ccccc1)NCCc1nc2ccccc2n1CCC1CCCCC1. The number of carbonyl (C=O) groups is 1. The van der Waals surface area contributed by atoms with E-state index in [1.807, 2.05) is 18.2 Å². The van der Waals surface area contributed by atoms with Crippen LogP contribution in [0.25, 0.3) is 11.0 Å². The molecule has 4 heteroatoms. The molecule has 1 N–H and O–H groups in total. The van der Waals surface area contributed by atoms with Gasteiger partial charge in [0.1, 0.15) is 5.82 Å². The van der Waals surface area contributed by atoms with Crippen molar-refractivity contribution in [3.05, 3.63) is 66.0 Å². The lowest BCUT2D eigenvalue weighted by Gasteiger charge is -2.22. The van der Waals surface area contributed by atoms with Crippen LogP contribution in [0.2, 0.25) is 0 Å². The van der Waals surface area contributed by atoms with E-state index in [-0.39, 0.29) is 5.91 Å². The molecule has 158 valence electrons. The molecular weight excluding hydrogens is 370 g/mol. The third kappa shape index (κ3) is 5.50. The minimum Gasteiger partial charge on any atom is -0.356 e. The maximum atomic E-state index is 12.3. The van der Waals surface area contributed by atoms with Crippen molar-refractivity contribution in [2.24, 2.45) is 5.92 Å². The lowest BCUT2D eigenvalue weighted by Crippen LogP contribution is -2.26. The van der Waals surface area contributed by atoms with Gasteiger partial charge in [0.05, 0.1) is 11.0 Å². The van der Waals surface area contributed by atoms with Crippen LogP contribution in [0.5, 0.6) is 0 Å². The second-order valence-electron chi connectivity index (χ2n) is 8.55. The number of imidazole rings is 1. The van der Waals surface area contributed by atoms with E-state index in [4.69, 9.17) is 4.98 Å². The molecule has 0 radical (unpaired) electrons. The van der Waals surface area contributed by atoms with E-state index in [0.29, 0.717) is 13.0 Å². The highest BCUT2D eigenvalue weighted by Crippen LogP contribution is 2.27. The van der Waals surface area contributed by atoms with Crippen molar-refractivity contribution in [2.45, 2.75) is 64.3 Å². The molecule has 0 spiro atoms. The van der Waals surface area contributed by atoms with E-state index in [1.54, 1.807) is 0 Å². The number of fused-ring (bicyclic) bond motifs is 1. The molecule has 3 aromatic rings. The van der Waals surface area contributed by atoms with Crippen molar-refractivity contribution in [3.8, 4) is 0 Å². The zero-order valence-electron chi connectivity index (χ0n) is 17.9. The van der Waals surface area contributed by atoms with Gasteiger partial charge in [0.2, 0.25) is 5.91 Å². The van der Waals surface area contributed by atoms with E-state index in [9.17, 15) is 4.79 Å². The summed E-state index contributed by atoms with van der Waals surface area (Å²) < 4.78 is 2.39. The molecule has 0 saturated heterocycles. The molecule has 1 fully saturated rings. The first kappa shape index (κ1) is 20.6. The van der Waals surface area contributed by atoms with Gasteiger partial charge in [0.15, 0.2) is 0 Å². The summed E-state index contributed by atoms with van der Waals surface area (Å²) >= 11 is 0. The average molecular weight is 404 g/mol. The molecule has 1 aliphatic rings. The van der Waals surface area contributed by atoms with E-state index in [0.717, 1.165) is 36.6 Å². The number of nitrogens with zero attached hydrogens (tertiary/aromatic N) is 2. The first-order chi connectivity index (χ1) is 14.8. The molecule has 1 amide bonds. The summed E-state index contributed by atoms with van der Waals surface area (Å²) in [5.74, 6) is 2.06. The molecule has 0 bridgehead atoms. The lowest BCUT2D eigenvalue weighted by atomic mass is 9.87. The molecular formula is C26H33N3O. The Morgan fingerprint density at radius 1 is 0.967 bits per heavy atom. The highest BCUT2D eigenvalue weighted by Gasteiger charge is 2.16. The van der Waals surface area contributed by atoms with Crippen LogP contribution < -0.4 is 5.32 Å². The highest BCUT2D eigenvalue weighted by molar-refractivity contribution is 5.77.